The zero-order chi connectivity index (χ0) is 14.5. The third kappa shape index (κ3) is 5.30. The second kappa shape index (κ2) is 7.48. The molecule has 1 unspecified atom stereocenters. The van der Waals surface area contributed by atoms with Crippen molar-refractivity contribution in [2.75, 3.05) is 0 Å². The molecular formula is C13H19Cl2NO2S. The second-order valence-electron chi connectivity index (χ2n) is 4.59. The number of rotatable bonds is 7. The standard InChI is InChI=1S/C13H19Cl2NO2S/c1-3-4-5-6-10(2)16-19(17,18)13-9-11(14)7-8-12(13)15/h7-10,16H,3-6H2,1-2H3. The molecule has 108 valence electrons. The van der Waals surface area contributed by atoms with Crippen LogP contribution in [0, 0.1) is 0 Å². The predicted octanol–water partition coefficient (Wildman–Crippen LogP) is 4.24. The smallest absolute Gasteiger partial charge is 0.208 e. The molecule has 1 rings (SSSR count). The lowest BCUT2D eigenvalue weighted by atomic mass is 10.1. The van der Waals surface area contributed by atoms with Crippen LogP contribution in [0.25, 0.3) is 0 Å². The fourth-order valence-corrected chi connectivity index (χ4v) is 3.81. The monoisotopic (exact) mass is 323 g/mol. The summed E-state index contributed by atoms with van der Waals surface area (Å²) in [5, 5.41) is 0.529. The van der Waals surface area contributed by atoms with Crippen LogP contribution in [0.2, 0.25) is 10.0 Å². The van der Waals surface area contributed by atoms with Gasteiger partial charge in [0.05, 0.1) is 5.02 Å². The number of benzene rings is 1. The molecule has 1 aromatic rings. The van der Waals surface area contributed by atoms with Gasteiger partial charge in [0.15, 0.2) is 0 Å². The van der Waals surface area contributed by atoms with Gasteiger partial charge in [-0.2, -0.15) is 0 Å². The Labute approximate surface area is 125 Å². The van der Waals surface area contributed by atoms with Crippen molar-refractivity contribution in [2.24, 2.45) is 0 Å². The Balaban J connectivity index is 2.78. The Morgan fingerprint density at radius 3 is 2.58 bits per heavy atom. The molecule has 0 aliphatic heterocycles. The van der Waals surface area contributed by atoms with Gasteiger partial charge in [-0.05, 0) is 31.5 Å². The Hall–Kier alpha value is -0.290. The van der Waals surface area contributed by atoms with E-state index in [1.807, 2.05) is 6.92 Å². The lowest BCUT2D eigenvalue weighted by molar-refractivity contribution is 0.527. The number of hydrogen-bond acceptors (Lipinski definition) is 2. The van der Waals surface area contributed by atoms with Crippen molar-refractivity contribution in [2.45, 2.75) is 50.5 Å². The maximum Gasteiger partial charge on any atom is 0.242 e. The Morgan fingerprint density at radius 2 is 1.95 bits per heavy atom. The summed E-state index contributed by atoms with van der Waals surface area (Å²) >= 11 is 11.7. The van der Waals surface area contributed by atoms with E-state index >= 15 is 0 Å². The zero-order valence-electron chi connectivity index (χ0n) is 11.1. The molecular weight excluding hydrogens is 305 g/mol. The molecule has 0 fully saturated rings. The van der Waals surface area contributed by atoms with Crippen molar-refractivity contribution in [3.8, 4) is 0 Å². The van der Waals surface area contributed by atoms with Gasteiger partial charge in [0.2, 0.25) is 10.0 Å². The van der Waals surface area contributed by atoms with Gasteiger partial charge in [-0.25, -0.2) is 13.1 Å². The molecule has 0 amide bonds. The van der Waals surface area contributed by atoms with Crippen molar-refractivity contribution in [3.05, 3.63) is 28.2 Å². The molecule has 3 nitrogen and oxygen atoms in total. The molecule has 0 aliphatic carbocycles. The van der Waals surface area contributed by atoms with Crippen LogP contribution in [-0.2, 0) is 10.0 Å². The van der Waals surface area contributed by atoms with Gasteiger partial charge in [0, 0.05) is 11.1 Å². The highest BCUT2D eigenvalue weighted by Crippen LogP contribution is 2.25. The minimum Gasteiger partial charge on any atom is -0.208 e. The third-order valence-electron chi connectivity index (χ3n) is 2.78. The molecule has 0 spiro atoms. The van der Waals surface area contributed by atoms with Crippen molar-refractivity contribution in [1.29, 1.82) is 0 Å². The van der Waals surface area contributed by atoms with Crippen LogP contribution in [0.1, 0.15) is 39.5 Å². The largest absolute Gasteiger partial charge is 0.242 e. The highest BCUT2D eigenvalue weighted by Gasteiger charge is 2.20. The molecule has 0 radical (unpaired) electrons. The lowest BCUT2D eigenvalue weighted by Crippen LogP contribution is -2.32. The summed E-state index contributed by atoms with van der Waals surface area (Å²) in [5.41, 5.74) is 0. The van der Waals surface area contributed by atoms with E-state index < -0.39 is 10.0 Å². The van der Waals surface area contributed by atoms with Gasteiger partial charge in [0.1, 0.15) is 4.90 Å². The molecule has 1 atom stereocenters. The highest BCUT2D eigenvalue weighted by atomic mass is 35.5. The highest BCUT2D eigenvalue weighted by molar-refractivity contribution is 7.89. The first kappa shape index (κ1) is 16.8. The van der Waals surface area contributed by atoms with E-state index in [-0.39, 0.29) is 16.0 Å². The first-order chi connectivity index (χ1) is 8.86. The number of hydrogen-bond donors (Lipinski definition) is 1. The topological polar surface area (TPSA) is 46.2 Å². The summed E-state index contributed by atoms with van der Waals surface area (Å²) in [5.74, 6) is 0. The summed E-state index contributed by atoms with van der Waals surface area (Å²) in [6.07, 6.45) is 4.03. The SMILES string of the molecule is CCCCCC(C)NS(=O)(=O)c1cc(Cl)ccc1Cl. The van der Waals surface area contributed by atoms with Crippen LogP contribution >= 0.6 is 23.2 Å². The molecule has 1 N–H and O–H groups in total. The molecule has 19 heavy (non-hydrogen) atoms. The van der Waals surface area contributed by atoms with Crippen molar-refractivity contribution in [3.63, 3.8) is 0 Å². The number of sulfonamides is 1. The van der Waals surface area contributed by atoms with Gasteiger partial charge in [-0.1, -0.05) is 49.4 Å². The minimum atomic E-state index is -3.62. The maximum atomic E-state index is 12.2. The average molecular weight is 324 g/mol. The van der Waals surface area contributed by atoms with Crippen LogP contribution in [0.5, 0.6) is 0 Å². The van der Waals surface area contributed by atoms with E-state index in [9.17, 15) is 8.42 Å². The van der Waals surface area contributed by atoms with Crippen molar-refractivity contribution >= 4 is 33.2 Å². The van der Waals surface area contributed by atoms with Crippen LogP contribution in [0.3, 0.4) is 0 Å². The lowest BCUT2D eigenvalue weighted by Gasteiger charge is -2.15. The predicted molar refractivity (Wildman–Crippen MR) is 80.4 cm³/mol. The van der Waals surface area contributed by atoms with Crippen LogP contribution in [0.15, 0.2) is 23.1 Å². The minimum absolute atomic E-state index is 0.0315. The van der Waals surface area contributed by atoms with E-state index in [1.54, 1.807) is 6.07 Å². The second-order valence-corrected chi connectivity index (χ2v) is 7.12. The summed E-state index contributed by atoms with van der Waals surface area (Å²) in [6.45, 7) is 3.96. The van der Waals surface area contributed by atoms with E-state index in [1.165, 1.54) is 12.1 Å². The van der Waals surface area contributed by atoms with E-state index in [4.69, 9.17) is 23.2 Å². The van der Waals surface area contributed by atoms with Crippen molar-refractivity contribution < 1.29 is 8.42 Å². The normalized spacial score (nSPS) is 13.5. The summed E-state index contributed by atoms with van der Waals surface area (Å²) < 4.78 is 27.0. The van der Waals surface area contributed by atoms with Crippen LogP contribution in [-0.4, -0.2) is 14.5 Å². The molecule has 0 saturated heterocycles. The summed E-state index contributed by atoms with van der Waals surface area (Å²) in [4.78, 5) is 0.0315. The van der Waals surface area contributed by atoms with E-state index in [0.717, 1.165) is 25.7 Å². The quantitative estimate of drug-likeness (QED) is 0.763. The fourth-order valence-electron chi connectivity index (χ4n) is 1.77. The molecule has 0 bridgehead atoms. The molecule has 0 heterocycles. The van der Waals surface area contributed by atoms with Gasteiger partial charge in [-0.15, -0.1) is 0 Å². The fraction of sp³-hybridized carbons (Fsp3) is 0.538. The van der Waals surface area contributed by atoms with Gasteiger partial charge < -0.3 is 0 Å². The third-order valence-corrected chi connectivity index (χ3v) is 5.09. The first-order valence-electron chi connectivity index (χ1n) is 6.34. The number of halogens is 2. The first-order valence-corrected chi connectivity index (χ1v) is 8.58. The Bertz CT molecular complexity index is 517. The van der Waals surface area contributed by atoms with Crippen molar-refractivity contribution in [1.82, 2.24) is 4.72 Å². The van der Waals surface area contributed by atoms with Crippen LogP contribution in [0.4, 0.5) is 0 Å². The Morgan fingerprint density at radius 1 is 1.26 bits per heavy atom. The summed E-state index contributed by atoms with van der Waals surface area (Å²) in [6, 6.07) is 4.30. The van der Waals surface area contributed by atoms with Crippen LogP contribution < -0.4 is 4.72 Å². The Kier molecular flexibility index (Phi) is 6.60. The molecule has 6 heteroatoms. The molecule has 0 aliphatic rings. The van der Waals surface area contributed by atoms with Gasteiger partial charge in [0.25, 0.3) is 0 Å². The molecule has 1 aromatic carbocycles. The zero-order valence-corrected chi connectivity index (χ0v) is 13.4. The number of nitrogens with one attached hydrogen (secondary N) is 1. The summed E-state index contributed by atoms with van der Waals surface area (Å²) in [7, 11) is -3.62. The number of unbranched alkanes of at least 4 members (excludes halogenated alkanes) is 2. The molecule has 0 saturated carbocycles. The van der Waals surface area contributed by atoms with E-state index in [2.05, 4.69) is 11.6 Å². The van der Waals surface area contributed by atoms with E-state index in [0.29, 0.717) is 5.02 Å². The average Bonchev–Trinajstić information content (AvgIpc) is 2.32. The molecule has 0 aromatic heterocycles. The van der Waals surface area contributed by atoms with Gasteiger partial charge >= 0.3 is 0 Å². The maximum absolute atomic E-state index is 12.2. The van der Waals surface area contributed by atoms with Gasteiger partial charge in [-0.3, -0.25) is 0 Å².